The van der Waals surface area contributed by atoms with Gasteiger partial charge in [0.15, 0.2) is 0 Å². The SMILES string of the molecule is CC(C)(C)[P+](Cl)(C1CCCCC1)C(C)(C)C. The Morgan fingerprint density at radius 1 is 0.812 bits per heavy atom. The van der Waals surface area contributed by atoms with Gasteiger partial charge in [0.05, 0.1) is 27.2 Å². The quantitative estimate of drug-likeness (QED) is 0.502. The minimum absolute atomic E-state index is 0.273. The minimum atomic E-state index is -1.44. The topological polar surface area (TPSA) is 0 Å². The fourth-order valence-electron chi connectivity index (χ4n) is 3.54. The van der Waals surface area contributed by atoms with Crippen LogP contribution in [0.1, 0.15) is 73.6 Å². The number of hydrogen-bond acceptors (Lipinski definition) is 0. The number of rotatable bonds is 1. The van der Waals surface area contributed by atoms with Crippen molar-refractivity contribution in [3.05, 3.63) is 0 Å². The highest BCUT2D eigenvalue weighted by molar-refractivity contribution is 8.01. The molecule has 0 aromatic rings. The van der Waals surface area contributed by atoms with Crippen molar-refractivity contribution < 1.29 is 0 Å². The maximum atomic E-state index is 7.28. The van der Waals surface area contributed by atoms with Gasteiger partial charge in [-0.2, -0.15) is 0 Å². The van der Waals surface area contributed by atoms with Gasteiger partial charge in [-0.25, -0.2) is 0 Å². The van der Waals surface area contributed by atoms with E-state index in [1.807, 2.05) is 0 Å². The van der Waals surface area contributed by atoms with Crippen LogP contribution in [0.25, 0.3) is 0 Å². The van der Waals surface area contributed by atoms with Crippen molar-refractivity contribution in [2.75, 3.05) is 0 Å². The Morgan fingerprint density at radius 3 is 1.50 bits per heavy atom. The van der Waals surface area contributed by atoms with E-state index in [0.29, 0.717) is 0 Å². The van der Waals surface area contributed by atoms with Crippen LogP contribution in [0.4, 0.5) is 0 Å². The van der Waals surface area contributed by atoms with E-state index in [9.17, 15) is 0 Å². The van der Waals surface area contributed by atoms with Crippen LogP contribution in [0.15, 0.2) is 0 Å². The van der Waals surface area contributed by atoms with E-state index < -0.39 is 6.62 Å². The third-order valence-corrected chi connectivity index (χ3v) is 13.3. The molecule has 0 radical (unpaired) electrons. The summed E-state index contributed by atoms with van der Waals surface area (Å²) in [5.41, 5.74) is 0.794. The highest BCUT2D eigenvalue weighted by Crippen LogP contribution is 2.84. The average molecular weight is 264 g/mol. The first-order valence-corrected chi connectivity index (χ1v) is 9.45. The Kier molecular flexibility index (Phi) is 4.41. The molecule has 0 heterocycles. The Balaban J connectivity index is 3.04. The second kappa shape index (κ2) is 4.77. The summed E-state index contributed by atoms with van der Waals surface area (Å²) in [6.45, 7) is 12.7. The fraction of sp³-hybridized carbons (Fsp3) is 1.00. The number of halogens is 1. The monoisotopic (exact) mass is 263 g/mol. The molecule has 1 saturated carbocycles. The van der Waals surface area contributed by atoms with Crippen molar-refractivity contribution in [1.29, 1.82) is 0 Å². The van der Waals surface area contributed by atoms with Gasteiger partial charge in [0, 0.05) is 0 Å². The molecule has 16 heavy (non-hydrogen) atoms. The lowest BCUT2D eigenvalue weighted by atomic mass is 10.0. The number of hydrogen-bond donors (Lipinski definition) is 0. The summed E-state index contributed by atoms with van der Waals surface area (Å²) < 4.78 is 0. The van der Waals surface area contributed by atoms with Crippen molar-refractivity contribution in [2.24, 2.45) is 0 Å². The van der Waals surface area contributed by atoms with E-state index >= 15 is 0 Å². The van der Waals surface area contributed by atoms with Crippen LogP contribution in [0, 0.1) is 0 Å². The molecule has 96 valence electrons. The maximum Gasteiger partial charge on any atom is 0.127 e. The molecule has 0 atom stereocenters. The summed E-state index contributed by atoms with van der Waals surface area (Å²) in [4.78, 5) is 0. The third-order valence-electron chi connectivity index (χ3n) is 4.03. The van der Waals surface area contributed by atoms with E-state index in [0.717, 1.165) is 5.66 Å². The van der Waals surface area contributed by atoms with E-state index in [1.165, 1.54) is 32.1 Å². The molecule has 0 saturated heterocycles. The molecule has 1 rings (SSSR count). The first kappa shape index (κ1) is 14.8. The van der Waals surface area contributed by atoms with Gasteiger partial charge < -0.3 is 0 Å². The van der Waals surface area contributed by atoms with Gasteiger partial charge >= 0.3 is 0 Å². The second-order valence-corrected chi connectivity index (χ2v) is 13.6. The molecule has 1 fully saturated rings. The molecular formula is C14H29ClP+. The molecule has 0 aromatic heterocycles. The molecule has 0 spiro atoms. The Labute approximate surface area is 108 Å². The Morgan fingerprint density at radius 2 is 1.19 bits per heavy atom. The molecule has 0 aliphatic heterocycles. The van der Waals surface area contributed by atoms with Crippen molar-refractivity contribution in [2.45, 2.75) is 89.6 Å². The van der Waals surface area contributed by atoms with E-state index in [2.05, 4.69) is 41.5 Å². The lowest BCUT2D eigenvalue weighted by Crippen LogP contribution is -2.38. The van der Waals surface area contributed by atoms with E-state index in [-0.39, 0.29) is 10.3 Å². The molecule has 0 bridgehead atoms. The van der Waals surface area contributed by atoms with Crippen LogP contribution in [0.3, 0.4) is 0 Å². The molecule has 0 nitrogen and oxygen atoms in total. The standard InChI is InChI=1S/C14H29ClP/c1-13(2,3)16(15,14(4,5)6)12-10-8-7-9-11-12/h12H,7-11H2,1-6H3/q+1. The molecular weight excluding hydrogens is 235 g/mol. The zero-order chi connectivity index (χ0) is 12.6. The van der Waals surface area contributed by atoms with Crippen LogP contribution in [-0.2, 0) is 0 Å². The highest BCUT2D eigenvalue weighted by atomic mass is 35.7. The largest absolute Gasteiger partial charge is 0.127 e. The summed E-state index contributed by atoms with van der Waals surface area (Å²) in [6, 6.07) is 0. The molecule has 1 aliphatic carbocycles. The lowest BCUT2D eigenvalue weighted by molar-refractivity contribution is 0.495. The van der Waals surface area contributed by atoms with Crippen LogP contribution in [0.5, 0.6) is 0 Å². The van der Waals surface area contributed by atoms with E-state index in [1.54, 1.807) is 0 Å². The first-order valence-electron chi connectivity index (χ1n) is 6.69. The molecule has 0 unspecified atom stereocenters. The van der Waals surface area contributed by atoms with Crippen LogP contribution >= 0.6 is 17.9 Å². The van der Waals surface area contributed by atoms with Crippen LogP contribution in [-0.4, -0.2) is 16.0 Å². The van der Waals surface area contributed by atoms with Crippen molar-refractivity contribution in [1.82, 2.24) is 0 Å². The predicted molar refractivity (Wildman–Crippen MR) is 79.2 cm³/mol. The first-order chi connectivity index (χ1) is 7.11. The highest BCUT2D eigenvalue weighted by Gasteiger charge is 2.62. The zero-order valence-electron chi connectivity index (χ0n) is 11.9. The van der Waals surface area contributed by atoms with E-state index in [4.69, 9.17) is 11.2 Å². The van der Waals surface area contributed by atoms with Crippen molar-refractivity contribution in [3.8, 4) is 0 Å². The second-order valence-electron chi connectivity index (χ2n) is 7.27. The van der Waals surface area contributed by atoms with Crippen molar-refractivity contribution >= 4 is 17.9 Å². The fourth-order valence-corrected chi connectivity index (χ4v) is 9.40. The summed E-state index contributed by atoms with van der Waals surface area (Å²) in [5, 5.41) is 0.545. The van der Waals surface area contributed by atoms with Gasteiger partial charge in [-0.3, -0.25) is 0 Å². The summed E-state index contributed by atoms with van der Waals surface area (Å²) >= 11 is 7.28. The molecule has 0 aromatic carbocycles. The maximum absolute atomic E-state index is 7.28. The lowest BCUT2D eigenvalue weighted by Gasteiger charge is -2.46. The van der Waals surface area contributed by atoms with Gasteiger partial charge in [0.2, 0.25) is 0 Å². The van der Waals surface area contributed by atoms with Crippen molar-refractivity contribution in [3.63, 3.8) is 0 Å². The minimum Gasteiger partial charge on any atom is -0.0530 e. The predicted octanol–water partition coefficient (Wildman–Crippen LogP) is 6.09. The van der Waals surface area contributed by atoms with Gasteiger partial charge in [-0.1, -0.05) is 6.42 Å². The van der Waals surface area contributed by atoms with Crippen LogP contribution in [0.2, 0.25) is 0 Å². The summed E-state index contributed by atoms with van der Waals surface area (Å²) in [7, 11) is 0. The molecule has 2 heteroatoms. The molecule has 1 aliphatic rings. The zero-order valence-corrected chi connectivity index (χ0v) is 13.6. The van der Waals surface area contributed by atoms with Gasteiger partial charge in [0.25, 0.3) is 0 Å². The normalized spacial score (nSPS) is 21.2. The smallest absolute Gasteiger partial charge is 0.0530 e. The van der Waals surface area contributed by atoms with Gasteiger partial charge in [0.1, 0.15) is 6.62 Å². The average Bonchev–Trinajstić information content (AvgIpc) is 2.14. The summed E-state index contributed by atoms with van der Waals surface area (Å²) in [6.07, 6.45) is 6.94. The third kappa shape index (κ3) is 2.59. The van der Waals surface area contributed by atoms with Crippen LogP contribution < -0.4 is 0 Å². The Bertz CT molecular complexity index is 214. The van der Waals surface area contributed by atoms with Gasteiger partial charge in [-0.15, -0.1) is 0 Å². The van der Waals surface area contributed by atoms with Gasteiger partial charge in [-0.05, 0) is 67.2 Å². The molecule has 0 N–H and O–H groups in total. The Hall–Kier alpha value is 0.720. The summed E-state index contributed by atoms with van der Waals surface area (Å²) in [5.74, 6) is 0. The molecule has 0 amide bonds.